The predicted molar refractivity (Wildman–Crippen MR) is 78.8 cm³/mol. The Bertz CT molecular complexity index is 532. The van der Waals surface area contributed by atoms with Crippen LogP contribution in [-0.2, 0) is 0 Å². The van der Waals surface area contributed by atoms with E-state index in [4.69, 9.17) is 4.74 Å². The number of anilines is 1. The second-order valence-electron chi connectivity index (χ2n) is 5.36. The average Bonchev–Trinajstić information content (AvgIpc) is 2.39. The molecule has 98 valence electrons. The molecule has 2 nitrogen and oxygen atoms in total. The quantitative estimate of drug-likeness (QED) is 0.853. The number of nitrogens with one attached hydrogen (secondary N) is 1. The molecular weight excluding hydrogens is 234 g/mol. The summed E-state index contributed by atoms with van der Waals surface area (Å²) in [6.07, 6.45) is 2.54. The first-order valence-corrected chi connectivity index (χ1v) is 6.89. The second-order valence-corrected chi connectivity index (χ2v) is 5.36. The molecular formula is C17H19NO. The third kappa shape index (κ3) is 3.08. The zero-order valence-corrected chi connectivity index (χ0v) is 11.2. The number of benzene rings is 2. The van der Waals surface area contributed by atoms with Gasteiger partial charge in [-0.1, -0.05) is 31.2 Å². The van der Waals surface area contributed by atoms with Gasteiger partial charge in [-0.15, -0.1) is 0 Å². The summed E-state index contributed by atoms with van der Waals surface area (Å²) in [5.74, 6) is 2.61. The fraction of sp³-hybridized carbons (Fsp3) is 0.294. The van der Waals surface area contributed by atoms with Gasteiger partial charge in [0.25, 0.3) is 0 Å². The van der Waals surface area contributed by atoms with Gasteiger partial charge in [-0.05, 0) is 43.0 Å². The van der Waals surface area contributed by atoms with Crippen LogP contribution in [0.25, 0.3) is 0 Å². The Morgan fingerprint density at radius 1 is 0.947 bits per heavy atom. The minimum absolute atomic E-state index is 0.627. The van der Waals surface area contributed by atoms with E-state index >= 15 is 0 Å². The summed E-state index contributed by atoms with van der Waals surface area (Å²) in [6.45, 7) is 2.30. The van der Waals surface area contributed by atoms with Gasteiger partial charge >= 0.3 is 0 Å². The number of hydrogen-bond acceptors (Lipinski definition) is 2. The zero-order valence-electron chi connectivity index (χ0n) is 11.2. The zero-order chi connectivity index (χ0) is 13.1. The standard InChI is InChI=1S/C17H19NO/c1-13-10-15(11-13)18-14-6-5-9-17(12-14)19-16-7-3-2-4-8-16/h2-9,12-13,15,18H,10-11H2,1H3. The largest absolute Gasteiger partial charge is 0.457 e. The van der Waals surface area contributed by atoms with E-state index in [0.29, 0.717) is 6.04 Å². The van der Waals surface area contributed by atoms with Crippen LogP contribution in [0, 0.1) is 5.92 Å². The molecule has 0 amide bonds. The molecule has 0 heterocycles. The minimum atomic E-state index is 0.627. The highest BCUT2D eigenvalue weighted by molar-refractivity contribution is 5.50. The third-order valence-electron chi connectivity index (χ3n) is 3.56. The van der Waals surface area contributed by atoms with Crippen LogP contribution in [0.3, 0.4) is 0 Å². The molecule has 0 aromatic heterocycles. The van der Waals surface area contributed by atoms with Crippen LogP contribution >= 0.6 is 0 Å². The summed E-state index contributed by atoms with van der Waals surface area (Å²) >= 11 is 0. The van der Waals surface area contributed by atoms with Crippen LogP contribution in [0.15, 0.2) is 54.6 Å². The van der Waals surface area contributed by atoms with Crippen molar-refractivity contribution in [3.63, 3.8) is 0 Å². The highest BCUT2D eigenvalue weighted by Crippen LogP contribution is 2.31. The fourth-order valence-corrected chi connectivity index (χ4v) is 2.53. The lowest BCUT2D eigenvalue weighted by Gasteiger charge is -2.34. The lowest BCUT2D eigenvalue weighted by Crippen LogP contribution is -2.33. The molecule has 0 spiro atoms. The monoisotopic (exact) mass is 253 g/mol. The summed E-state index contributed by atoms with van der Waals surface area (Å²) in [4.78, 5) is 0. The number of ether oxygens (including phenoxy) is 1. The number of hydrogen-bond donors (Lipinski definition) is 1. The van der Waals surface area contributed by atoms with Crippen LogP contribution in [0.5, 0.6) is 11.5 Å². The van der Waals surface area contributed by atoms with Crippen molar-refractivity contribution < 1.29 is 4.74 Å². The molecule has 1 saturated carbocycles. The SMILES string of the molecule is CC1CC(Nc2cccc(Oc3ccccc3)c2)C1. The third-order valence-corrected chi connectivity index (χ3v) is 3.56. The average molecular weight is 253 g/mol. The Morgan fingerprint density at radius 3 is 2.42 bits per heavy atom. The molecule has 1 N–H and O–H groups in total. The molecule has 0 radical (unpaired) electrons. The molecule has 0 bridgehead atoms. The maximum atomic E-state index is 5.83. The van der Waals surface area contributed by atoms with Crippen molar-refractivity contribution in [3.05, 3.63) is 54.6 Å². The van der Waals surface area contributed by atoms with Crippen molar-refractivity contribution in [2.75, 3.05) is 5.32 Å². The fourth-order valence-electron chi connectivity index (χ4n) is 2.53. The summed E-state index contributed by atoms with van der Waals surface area (Å²) in [5, 5.41) is 3.55. The van der Waals surface area contributed by atoms with E-state index < -0.39 is 0 Å². The molecule has 0 aliphatic heterocycles. The molecule has 1 fully saturated rings. The normalized spacial score (nSPS) is 21.5. The van der Waals surface area contributed by atoms with Gasteiger partial charge in [-0.3, -0.25) is 0 Å². The summed E-state index contributed by atoms with van der Waals surface area (Å²) in [7, 11) is 0. The molecule has 0 atom stereocenters. The van der Waals surface area contributed by atoms with Crippen molar-refractivity contribution >= 4 is 5.69 Å². The van der Waals surface area contributed by atoms with Gasteiger partial charge < -0.3 is 10.1 Å². The molecule has 1 aliphatic rings. The smallest absolute Gasteiger partial charge is 0.129 e. The van der Waals surface area contributed by atoms with Crippen LogP contribution in [0.2, 0.25) is 0 Å². The number of para-hydroxylation sites is 1. The summed E-state index contributed by atoms with van der Waals surface area (Å²) < 4.78 is 5.83. The van der Waals surface area contributed by atoms with Crippen LogP contribution in [0.1, 0.15) is 19.8 Å². The van der Waals surface area contributed by atoms with Crippen molar-refractivity contribution in [2.24, 2.45) is 5.92 Å². The van der Waals surface area contributed by atoms with E-state index in [1.807, 2.05) is 42.5 Å². The molecule has 0 saturated heterocycles. The molecule has 3 rings (SSSR count). The Hall–Kier alpha value is -1.96. The van der Waals surface area contributed by atoms with Crippen molar-refractivity contribution in [1.82, 2.24) is 0 Å². The summed E-state index contributed by atoms with van der Waals surface area (Å²) in [5.41, 5.74) is 1.14. The first-order chi connectivity index (χ1) is 9.29. The Kier molecular flexibility index (Phi) is 3.41. The van der Waals surface area contributed by atoms with E-state index in [1.165, 1.54) is 12.8 Å². The molecule has 2 aromatic carbocycles. The van der Waals surface area contributed by atoms with Gasteiger partial charge in [-0.2, -0.15) is 0 Å². The van der Waals surface area contributed by atoms with Crippen LogP contribution in [-0.4, -0.2) is 6.04 Å². The van der Waals surface area contributed by atoms with Crippen molar-refractivity contribution in [2.45, 2.75) is 25.8 Å². The van der Waals surface area contributed by atoms with Gasteiger partial charge in [0.05, 0.1) is 0 Å². The Balaban J connectivity index is 1.66. The topological polar surface area (TPSA) is 21.3 Å². The maximum absolute atomic E-state index is 5.83. The maximum Gasteiger partial charge on any atom is 0.129 e. The minimum Gasteiger partial charge on any atom is -0.457 e. The molecule has 0 unspecified atom stereocenters. The lowest BCUT2D eigenvalue weighted by atomic mass is 9.82. The Morgan fingerprint density at radius 2 is 1.68 bits per heavy atom. The highest BCUT2D eigenvalue weighted by atomic mass is 16.5. The molecule has 2 aromatic rings. The van der Waals surface area contributed by atoms with Gasteiger partial charge in [0.15, 0.2) is 0 Å². The highest BCUT2D eigenvalue weighted by Gasteiger charge is 2.24. The first kappa shape index (κ1) is 12.1. The molecule has 1 aliphatic carbocycles. The molecule has 19 heavy (non-hydrogen) atoms. The van der Waals surface area contributed by atoms with E-state index in [1.54, 1.807) is 0 Å². The lowest BCUT2D eigenvalue weighted by molar-refractivity contribution is 0.309. The van der Waals surface area contributed by atoms with E-state index in [2.05, 4.69) is 24.4 Å². The second kappa shape index (κ2) is 5.35. The van der Waals surface area contributed by atoms with Gasteiger partial charge in [0, 0.05) is 17.8 Å². The number of rotatable bonds is 4. The van der Waals surface area contributed by atoms with Crippen LogP contribution < -0.4 is 10.1 Å². The van der Waals surface area contributed by atoms with E-state index in [9.17, 15) is 0 Å². The van der Waals surface area contributed by atoms with Gasteiger partial charge in [0.2, 0.25) is 0 Å². The van der Waals surface area contributed by atoms with E-state index in [0.717, 1.165) is 23.1 Å². The first-order valence-electron chi connectivity index (χ1n) is 6.89. The predicted octanol–water partition coefficient (Wildman–Crippen LogP) is 4.69. The summed E-state index contributed by atoms with van der Waals surface area (Å²) in [6, 6.07) is 18.7. The van der Waals surface area contributed by atoms with Gasteiger partial charge in [0.1, 0.15) is 11.5 Å². The van der Waals surface area contributed by atoms with Gasteiger partial charge in [-0.25, -0.2) is 0 Å². The Labute approximate surface area is 114 Å². The van der Waals surface area contributed by atoms with E-state index in [-0.39, 0.29) is 0 Å². The van der Waals surface area contributed by atoms with Crippen molar-refractivity contribution in [1.29, 1.82) is 0 Å². The molecule has 2 heteroatoms. The van der Waals surface area contributed by atoms with Crippen molar-refractivity contribution in [3.8, 4) is 11.5 Å². The van der Waals surface area contributed by atoms with Crippen LogP contribution in [0.4, 0.5) is 5.69 Å².